The lowest BCUT2D eigenvalue weighted by molar-refractivity contribution is -0.139. The van der Waals surface area contributed by atoms with Crippen LogP contribution in [-0.2, 0) is 11.8 Å². The van der Waals surface area contributed by atoms with E-state index in [9.17, 15) is 18.4 Å². The van der Waals surface area contributed by atoms with Crippen molar-refractivity contribution in [3.63, 3.8) is 0 Å². The Hall–Kier alpha value is -2.77. The van der Waals surface area contributed by atoms with Crippen LogP contribution in [0.15, 0.2) is 30.6 Å². The summed E-state index contributed by atoms with van der Waals surface area (Å²) < 4.78 is 27.9. The number of carboxylic acids is 1. The van der Waals surface area contributed by atoms with Crippen molar-refractivity contribution in [3.8, 4) is 0 Å². The zero-order chi connectivity index (χ0) is 15.6. The monoisotopic (exact) mass is 295 g/mol. The minimum Gasteiger partial charge on any atom is -0.479 e. The average molecular weight is 295 g/mol. The van der Waals surface area contributed by atoms with Crippen LogP contribution >= 0.6 is 0 Å². The first-order valence-corrected chi connectivity index (χ1v) is 5.86. The van der Waals surface area contributed by atoms with Crippen molar-refractivity contribution in [1.29, 1.82) is 0 Å². The van der Waals surface area contributed by atoms with E-state index in [0.29, 0.717) is 0 Å². The number of nitrogens with zero attached hydrogens (tertiary/aromatic N) is 2. The Balaban J connectivity index is 2.27. The summed E-state index contributed by atoms with van der Waals surface area (Å²) in [6.07, 6.45) is 2.67. The van der Waals surface area contributed by atoms with Crippen LogP contribution in [0, 0.1) is 11.6 Å². The number of carbonyl (C=O) groups excluding carboxylic acids is 1. The van der Waals surface area contributed by atoms with Crippen LogP contribution in [0.4, 0.5) is 8.78 Å². The van der Waals surface area contributed by atoms with Gasteiger partial charge in [-0.05, 0) is 12.1 Å². The molecule has 1 unspecified atom stereocenters. The van der Waals surface area contributed by atoms with Gasteiger partial charge in [-0.3, -0.25) is 9.48 Å². The quantitative estimate of drug-likeness (QED) is 0.889. The number of aryl methyl sites for hydroxylation is 1. The highest BCUT2D eigenvalue weighted by molar-refractivity contribution is 5.97. The number of aromatic nitrogens is 2. The molecule has 0 radical (unpaired) electrons. The fraction of sp³-hybridized carbons (Fsp3) is 0.154. The lowest BCUT2D eigenvalue weighted by Crippen LogP contribution is -2.34. The molecule has 0 aliphatic carbocycles. The van der Waals surface area contributed by atoms with Gasteiger partial charge in [-0.25, -0.2) is 13.6 Å². The second kappa shape index (κ2) is 5.70. The van der Waals surface area contributed by atoms with Crippen molar-refractivity contribution in [3.05, 3.63) is 53.4 Å². The Bertz CT molecular complexity index is 700. The number of hydrogen-bond donors (Lipinski definition) is 2. The van der Waals surface area contributed by atoms with Crippen molar-refractivity contribution in [2.45, 2.75) is 6.04 Å². The number of halogens is 2. The first kappa shape index (κ1) is 14.6. The van der Waals surface area contributed by atoms with Gasteiger partial charge in [0.05, 0.1) is 11.8 Å². The van der Waals surface area contributed by atoms with Gasteiger partial charge in [-0.15, -0.1) is 0 Å². The highest BCUT2D eigenvalue weighted by atomic mass is 19.2. The summed E-state index contributed by atoms with van der Waals surface area (Å²) in [4.78, 5) is 23.1. The van der Waals surface area contributed by atoms with E-state index in [4.69, 9.17) is 5.11 Å². The molecular weight excluding hydrogens is 284 g/mol. The summed E-state index contributed by atoms with van der Waals surface area (Å²) in [6, 6.07) is 1.68. The average Bonchev–Trinajstić information content (AvgIpc) is 2.84. The fourth-order valence-electron chi connectivity index (χ4n) is 1.76. The summed E-state index contributed by atoms with van der Waals surface area (Å²) in [6.45, 7) is 0. The molecule has 0 fully saturated rings. The van der Waals surface area contributed by atoms with Crippen molar-refractivity contribution >= 4 is 11.9 Å². The molecule has 0 bridgehead atoms. The molecule has 1 amide bonds. The standard InChI is InChI=1S/C13H11F2N3O3/c1-18-6-7(5-16-18)11(13(20)21)17-12(19)8-3-2-4-9(14)10(8)15/h2-6,11H,1H3,(H,17,19)(H,20,21). The molecule has 2 aromatic rings. The third-order valence-corrected chi connectivity index (χ3v) is 2.78. The maximum absolute atomic E-state index is 13.5. The Kier molecular flexibility index (Phi) is 3.97. The van der Waals surface area contributed by atoms with E-state index in [2.05, 4.69) is 10.4 Å². The molecule has 6 nitrogen and oxygen atoms in total. The molecule has 0 saturated heterocycles. The first-order chi connectivity index (χ1) is 9.90. The molecule has 1 atom stereocenters. The van der Waals surface area contributed by atoms with E-state index in [0.717, 1.165) is 18.2 Å². The van der Waals surface area contributed by atoms with Gasteiger partial charge in [0.1, 0.15) is 0 Å². The molecule has 8 heteroatoms. The highest BCUT2D eigenvalue weighted by Gasteiger charge is 2.25. The van der Waals surface area contributed by atoms with E-state index in [1.54, 1.807) is 7.05 Å². The zero-order valence-corrected chi connectivity index (χ0v) is 10.9. The zero-order valence-electron chi connectivity index (χ0n) is 10.9. The molecule has 1 aromatic carbocycles. The van der Waals surface area contributed by atoms with Crippen molar-refractivity contribution in [2.24, 2.45) is 7.05 Å². The summed E-state index contributed by atoms with van der Waals surface area (Å²) in [5.74, 6) is -4.88. The predicted octanol–water partition coefficient (Wildman–Crippen LogP) is 1.25. The minimum absolute atomic E-state index is 0.218. The van der Waals surface area contributed by atoms with Crippen molar-refractivity contribution in [1.82, 2.24) is 15.1 Å². The van der Waals surface area contributed by atoms with Gasteiger partial charge >= 0.3 is 5.97 Å². The van der Waals surface area contributed by atoms with Crippen LogP contribution in [0.3, 0.4) is 0 Å². The van der Waals surface area contributed by atoms with Crippen molar-refractivity contribution in [2.75, 3.05) is 0 Å². The molecule has 1 aromatic heterocycles. The van der Waals surface area contributed by atoms with Gasteiger partial charge in [0.2, 0.25) is 0 Å². The van der Waals surface area contributed by atoms with E-state index >= 15 is 0 Å². The molecule has 1 heterocycles. The number of rotatable bonds is 4. The number of aliphatic carboxylic acids is 1. The number of benzene rings is 1. The molecule has 0 aliphatic heterocycles. The van der Waals surface area contributed by atoms with E-state index in [1.807, 2.05) is 0 Å². The van der Waals surface area contributed by atoms with Crippen molar-refractivity contribution < 1.29 is 23.5 Å². The van der Waals surface area contributed by atoms with Gasteiger partial charge in [-0.2, -0.15) is 5.10 Å². The summed E-state index contributed by atoms with van der Waals surface area (Å²) >= 11 is 0. The summed E-state index contributed by atoms with van der Waals surface area (Å²) in [5.41, 5.74) is -0.347. The van der Waals surface area contributed by atoms with Gasteiger partial charge in [-0.1, -0.05) is 6.07 Å². The van der Waals surface area contributed by atoms with Crippen LogP contribution in [0.25, 0.3) is 0 Å². The lowest BCUT2D eigenvalue weighted by Gasteiger charge is -2.13. The lowest BCUT2D eigenvalue weighted by atomic mass is 10.1. The number of nitrogens with one attached hydrogen (secondary N) is 1. The SMILES string of the molecule is Cn1cc(C(NC(=O)c2cccc(F)c2F)C(=O)O)cn1. The van der Waals surface area contributed by atoms with E-state index < -0.39 is 35.1 Å². The summed E-state index contributed by atoms with van der Waals surface area (Å²) in [7, 11) is 1.58. The smallest absolute Gasteiger partial charge is 0.331 e. The summed E-state index contributed by atoms with van der Waals surface area (Å²) in [5, 5.41) is 15.1. The highest BCUT2D eigenvalue weighted by Crippen LogP contribution is 2.16. The number of carbonyl (C=O) groups is 2. The topological polar surface area (TPSA) is 84.2 Å². The van der Waals surface area contributed by atoms with Crippen LogP contribution < -0.4 is 5.32 Å². The molecule has 0 spiro atoms. The van der Waals surface area contributed by atoms with E-state index in [1.165, 1.54) is 17.1 Å². The molecule has 21 heavy (non-hydrogen) atoms. The van der Waals surface area contributed by atoms with Gasteiger partial charge in [0.15, 0.2) is 17.7 Å². The van der Waals surface area contributed by atoms with Crippen LogP contribution in [0.2, 0.25) is 0 Å². The van der Waals surface area contributed by atoms with Gasteiger partial charge < -0.3 is 10.4 Å². The first-order valence-electron chi connectivity index (χ1n) is 5.86. The number of amides is 1. The predicted molar refractivity (Wildman–Crippen MR) is 67.4 cm³/mol. The van der Waals surface area contributed by atoms with E-state index in [-0.39, 0.29) is 5.56 Å². The number of hydrogen-bond acceptors (Lipinski definition) is 3. The normalized spacial score (nSPS) is 12.0. The second-order valence-electron chi connectivity index (χ2n) is 4.29. The molecule has 110 valence electrons. The second-order valence-corrected chi connectivity index (χ2v) is 4.29. The Morgan fingerprint density at radius 1 is 1.38 bits per heavy atom. The third-order valence-electron chi connectivity index (χ3n) is 2.78. The van der Waals surface area contributed by atoms with Gasteiger partial charge in [0.25, 0.3) is 5.91 Å². The maximum atomic E-state index is 13.5. The molecule has 2 rings (SSSR count). The molecule has 0 aliphatic rings. The minimum atomic E-state index is -1.41. The Labute approximate surface area is 118 Å². The maximum Gasteiger partial charge on any atom is 0.331 e. The molecule has 0 saturated carbocycles. The van der Waals surface area contributed by atoms with Crippen LogP contribution in [0.1, 0.15) is 22.0 Å². The fourth-order valence-corrected chi connectivity index (χ4v) is 1.76. The Morgan fingerprint density at radius 3 is 2.67 bits per heavy atom. The third kappa shape index (κ3) is 3.04. The molecular formula is C13H11F2N3O3. The molecule has 2 N–H and O–H groups in total. The van der Waals surface area contributed by atoms with Crippen LogP contribution in [-0.4, -0.2) is 26.8 Å². The van der Waals surface area contributed by atoms with Gasteiger partial charge in [0, 0.05) is 18.8 Å². The van der Waals surface area contributed by atoms with Crippen LogP contribution in [0.5, 0.6) is 0 Å². The largest absolute Gasteiger partial charge is 0.479 e. The Morgan fingerprint density at radius 2 is 2.10 bits per heavy atom. The number of carboxylic acid groups (broad SMARTS) is 1.